The summed E-state index contributed by atoms with van der Waals surface area (Å²) in [4.78, 5) is 5.31. The summed E-state index contributed by atoms with van der Waals surface area (Å²) >= 11 is 0. The van der Waals surface area contributed by atoms with E-state index < -0.39 is 0 Å². The number of piperidine rings is 1. The number of rotatable bonds is 3. The molecule has 3 nitrogen and oxygen atoms in total. The largest absolute Gasteiger partial charge is 0.315 e. The molecule has 0 radical (unpaired) electrons. The van der Waals surface area contributed by atoms with E-state index in [0.717, 1.165) is 0 Å². The van der Waals surface area contributed by atoms with Crippen LogP contribution in [0.3, 0.4) is 0 Å². The van der Waals surface area contributed by atoms with Crippen LogP contribution < -0.4 is 5.32 Å². The van der Waals surface area contributed by atoms with Crippen LogP contribution in [0.15, 0.2) is 0 Å². The van der Waals surface area contributed by atoms with Gasteiger partial charge in [-0.05, 0) is 52.4 Å². The highest BCUT2D eigenvalue weighted by Crippen LogP contribution is 2.09. The highest BCUT2D eigenvalue weighted by molar-refractivity contribution is 4.75. The lowest BCUT2D eigenvalue weighted by molar-refractivity contribution is 0.161. The van der Waals surface area contributed by atoms with Crippen molar-refractivity contribution in [1.29, 1.82) is 0 Å². The van der Waals surface area contributed by atoms with Gasteiger partial charge < -0.3 is 10.2 Å². The Morgan fingerprint density at radius 3 is 2.62 bits per heavy atom. The van der Waals surface area contributed by atoms with Crippen molar-refractivity contribution in [3.63, 3.8) is 0 Å². The predicted octanol–water partition coefficient (Wildman–Crippen LogP) is 1.16. The first kappa shape index (κ1) is 12.3. The fraction of sp³-hybridized carbons (Fsp3) is 1.00. The Morgan fingerprint density at radius 2 is 1.81 bits per heavy atom. The maximum atomic E-state index is 3.51. The molecule has 0 spiro atoms. The Hall–Kier alpha value is -0.120. The first-order valence-corrected chi connectivity index (χ1v) is 7.03. The molecule has 1 unspecified atom stereocenters. The van der Waals surface area contributed by atoms with Crippen molar-refractivity contribution in [3.8, 4) is 0 Å². The van der Waals surface area contributed by atoms with Gasteiger partial charge in [-0.25, -0.2) is 0 Å². The van der Waals surface area contributed by atoms with Crippen LogP contribution in [0.2, 0.25) is 0 Å². The van der Waals surface area contributed by atoms with Gasteiger partial charge in [-0.3, -0.25) is 4.90 Å². The fourth-order valence-electron chi connectivity index (χ4n) is 2.85. The van der Waals surface area contributed by atoms with E-state index in [2.05, 4.69) is 22.0 Å². The molecule has 1 atom stereocenters. The van der Waals surface area contributed by atoms with Crippen molar-refractivity contribution in [3.05, 3.63) is 0 Å². The van der Waals surface area contributed by atoms with E-state index in [1.54, 1.807) is 0 Å². The Kier molecular flexibility index (Phi) is 5.07. The zero-order chi connectivity index (χ0) is 11.2. The lowest BCUT2D eigenvalue weighted by atomic mass is 10.1. The molecule has 94 valence electrons. The zero-order valence-corrected chi connectivity index (χ0v) is 10.7. The van der Waals surface area contributed by atoms with E-state index >= 15 is 0 Å². The van der Waals surface area contributed by atoms with Gasteiger partial charge in [0.2, 0.25) is 0 Å². The van der Waals surface area contributed by atoms with Crippen LogP contribution in [0, 0.1) is 0 Å². The molecule has 2 aliphatic rings. The third kappa shape index (κ3) is 3.72. The SMILES string of the molecule is CC1CNCCCN1CCN1CCCCC1. The van der Waals surface area contributed by atoms with Crippen LogP contribution in [0.4, 0.5) is 0 Å². The standard InChI is InChI=1S/C13H27N3/c1-13-12-14-6-5-9-16(13)11-10-15-7-3-2-4-8-15/h13-14H,2-12H2,1H3. The average molecular weight is 225 g/mol. The van der Waals surface area contributed by atoms with Crippen LogP contribution >= 0.6 is 0 Å². The number of likely N-dealkylation sites (tertiary alicyclic amines) is 1. The highest BCUT2D eigenvalue weighted by atomic mass is 15.2. The number of hydrogen-bond donors (Lipinski definition) is 1. The second-order valence-electron chi connectivity index (χ2n) is 5.34. The van der Waals surface area contributed by atoms with Gasteiger partial charge in [0.15, 0.2) is 0 Å². The van der Waals surface area contributed by atoms with Gasteiger partial charge >= 0.3 is 0 Å². The molecule has 2 fully saturated rings. The van der Waals surface area contributed by atoms with Gasteiger partial charge in [0.05, 0.1) is 0 Å². The Bertz CT molecular complexity index is 190. The van der Waals surface area contributed by atoms with E-state index in [1.807, 2.05) is 0 Å². The van der Waals surface area contributed by atoms with Crippen LogP contribution in [-0.4, -0.2) is 61.7 Å². The highest BCUT2D eigenvalue weighted by Gasteiger charge is 2.17. The third-order valence-electron chi connectivity index (χ3n) is 4.01. The van der Waals surface area contributed by atoms with Crippen LogP contribution in [0.5, 0.6) is 0 Å². The third-order valence-corrected chi connectivity index (χ3v) is 4.01. The van der Waals surface area contributed by atoms with Gasteiger partial charge in [-0.2, -0.15) is 0 Å². The molecule has 0 aromatic carbocycles. The molecule has 2 saturated heterocycles. The molecule has 0 aromatic heterocycles. The normalized spacial score (nSPS) is 30.2. The molecule has 0 saturated carbocycles. The predicted molar refractivity (Wildman–Crippen MR) is 68.8 cm³/mol. The summed E-state index contributed by atoms with van der Waals surface area (Å²) in [6.45, 7) is 11.2. The Morgan fingerprint density at radius 1 is 1.00 bits per heavy atom. The second kappa shape index (κ2) is 6.58. The molecule has 16 heavy (non-hydrogen) atoms. The first-order chi connectivity index (χ1) is 7.86. The van der Waals surface area contributed by atoms with Gasteiger partial charge in [0.25, 0.3) is 0 Å². The monoisotopic (exact) mass is 225 g/mol. The number of nitrogens with zero attached hydrogens (tertiary/aromatic N) is 2. The first-order valence-electron chi connectivity index (χ1n) is 7.03. The van der Waals surface area contributed by atoms with Gasteiger partial charge in [-0.15, -0.1) is 0 Å². The molecule has 3 heteroatoms. The van der Waals surface area contributed by atoms with Gasteiger partial charge in [0.1, 0.15) is 0 Å². The number of nitrogens with one attached hydrogen (secondary N) is 1. The molecule has 2 heterocycles. The summed E-state index contributed by atoms with van der Waals surface area (Å²) in [6, 6.07) is 0.715. The quantitative estimate of drug-likeness (QED) is 0.777. The summed E-state index contributed by atoms with van der Waals surface area (Å²) in [7, 11) is 0. The second-order valence-corrected chi connectivity index (χ2v) is 5.34. The molecule has 0 amide bonds. The smallest absolute Gasteiger partial charge is 0.0192 e. The summed E-state index contributed by atoms with van der Waals surface area (Å²) < 4.78 is 0. The summed E-state index contributed by atoms with van der Waals surface area (Å²) in [6.07, 6.45) is 5.58. The van der Waals surface area contributed by atoms with Crippen molar-refractivity contribution >= 4 is 0 Å². The van der Waals surface area contributed by atoms with Crippen LogP contribution in [0.25, 0.3) is 0 Å². The van der Waals surface area contributed by atoms with Crippen molar-refractivity contribution < 1.29 is 0 Å². The Labute approximate surface area is 100 Å². The molecule has 1 N–H and O–H groups in total. The van der Waals surface area contributed by atoms with Crippen molar-refractivity contribution in [1.82, 2.24) is 15.1 Å². The van der Waals surface area contributed by atoms with Gasteiger partial charge in [0, 0.05) is 25.7 Å². The minimum atomic E-state index is 0.715. The Balaban J connectivity index is 1.70. The van der Waals surface area contributed by atoms with Crippen molar-refractivity contribution in [2.24, 2.45) is 0 Å². The average Bonchev–Trinajstić information content (AvgIpc) is 2.53. The lowest BCUT2D eigenvalue weighted by Crippen LogP contribution is -2.43. The zero-order valence-electron chi connectivity index (χ0n) is 10.7. The lowest BCUT2D eigenvalue weighted by Gasteiger charge is -2.32. The van der Waals surface area contributed by atoms with Crippen molar-refractivity contribution in [2.45, 2.75) is 38.6 Å². The topological polar surface area (TPSA) is 18.5 Å². The van der Waals surface area contributed by atoms with Crippen LogP contribution in [-0.2, 0) is 0 Å². The van der Waals surface area contributed by atoms with E-state index in [1.165, 1.54) is 71.5 Å². The summed E-state index contributed by atoms with van der Waals surface area (Å²) in [5.41, 5.74) is 0. The van der Waals surface area contributed by atoms with E-state index in [9.17, 15) is 0 Å². The number of hydrogen-bond acceptors (Lipinski definition) is 3. The molecule has 2 aliphatic heterocycles. The van der Waals surface area contributed by atoms with E-state index in [0.29, 0.717) is 6.04 Å². The molecule has 2 rings (SSSR count). The van der Waals surface area contributed by atoms with Crippen molar-refractivity contribution in [2.75, 3.05) is 45.8 Å². The summed E-state index contributed by atoms with van der Waals surface area (Å²) in [5.74, 6) is 0. The summed E-state index contributed by atoms with van der Waals surface area (Å²) in [5, 5.41) is 3.51. The van der Waals surface area contributed by atoms with Gasteiger partial charge in [-0.1, -0.05) is 6.42 Å². The molecule has 0 bridgehead atoms. The molecular weight excluding hydrogens is 198 g/mol. The maximum absolute atomic E-state index is 3.51. The fourth-order valence-corrected chi connectivity index (χ4v) is 2.85. The molecular formula is C13H27N3. The molecule has 0 aliphatic carbocycles. The molecule has 0 aromatic rings. The maximum Gasteiger partial charge on any atom is 0.0192 e. The minimum absolute atomic E-state index is 0.715. The minimum Gasteiger partial charge on any atom is -0.315 e. The van der Waals surface area contributed by atoms with Crippen LogP contribution in [0.1, 0.15) is 32.6 Å². The van der Waals surface area contributed by atoms with E-state index in [4.69, 9.17) is 0 Å². The van der Waals surface area contributed by atoms with E-state index in [-0.39, 0.29) is 0 Å².